The van der Waals surface area contributed by atoms with Gasteiger partial charge in [0.05, 0.1) is 19.3 Å². The molecule has 0 bridgehead atoms. The largest absolute Gasteiger partial charge is 0.496 e. The van der Waals surface area contributed by atoms with Gasteiger partial charge in [-0.25, -0.2) is 4.39 Å². The number of carbonyl (C=O) groups is 1. The molecule has 0 saturated carbocycles. The Bertz CT molecular complexity index is 596. The molecule has 3 nitrogen and oxygen atoms in total. The van der Waals surface area contributed by atoms with Crippen molar-refractivity contribution in [2.75, 3.05) is 13.7 Å². The lowest BCUT2D eigenvalue weighted by atomic mass is 10.1. The number of hydrogen-bond acceptors (Lipinski definition) is 3. The van der Waals surface area contributed by atoms with Crippen molar-refractivity contribution in [1.82, 2.24) is 0 Å². The lowest BCUT2D eigenvalue weighted by Gasteiger charge is -2.08. The molecule has 0 heterocycles. The summed E-state index contributed by atoms with van der Waals surface area (Å²) in [6.07, 6.45) is 0. The first kappa shape index (κ1) is 14.2. The number of Topliss-reactive ketones (excluding diaryl/α,β-unsaturated/α-hetero) is 1. The van der Waals surface area contributed by atoms with Crippen molar-refractivity contribution >= 4 is 5.78 Å². The summed E-state index contributed by atoms with van der Waals surface area (Å²) in [6, 6.07) is 13.3. The maximum Gasteiger partial charge on any atom is 0.192 e. The standard InChI is InChI=1S/C16H15FO3/c1-19-16-9-5-3-7-13(16)15(18)11-20-10-12-6-2-4-8-14(12)17/h2-9H,10-11H2,1H3. The molecule has 0 N–H and O–H groups in total. The number of ketones is 1. The molecule has 0 saturated heterocycles. The molecular formula is C16H15FO3. The molecule has 2 rings (SSSR count). The molecule has 0 amide bonds. The minimum absolute atomic E-state index is 0.0631. The summed E-state index contributed by atoms with van der Waals surface area (Å²) in [6.45, 7) is -0.0533. The second-order valence-electron chi connectivity index (χ2n) is 4.21. The van der Waals surface area contributed by atoms with Crippen LogP contribution in [0.3, 0.4) is 0 Å². The molecule has 0 spiro atoms. The lowest BCUT2D eigenvalue weighted by molar-refractivity contribution is 0.0718. The average Bonchev–Trinajstić information content (AvgIpc) is 2.49. The Labute approximate surface area is 117 Å². The summed E-state index contributed by atoms with van der Waals surface area (Å²) in [7, 11) is 1.51. The zero-order valence-corrected chi connectivity index (χ0v) is 11.1. The fourth-order valence-electron chi connectivity index (χ4n) is 1.82. The number of ether oxygens (including phenoxy) is 2. The molecule has 4 heteroatoms. The zero-order chi connectivity index (χ0) is 14.4. The van der Waals surface area contributed by atoms with Gasteiger partial charge in [0.25, 0.3) is 0 Å². The number of halogens is 1. The first-order valence-electron chi connectivity index (χ1n) is 6.19. The summed E-state index contributed by atoms with van der Waals surface area (Å²) in [4.78, 5) is 12.0. The van der Waals surface area contributed by atoms with Crippen LogP contribution in [0.2, 0.25) is 0 Å². The third-order valence-electron chi connectivity index (χ3n) is 2.86. The number of methoxy groups -OCH3 is 1. The van der Waals surface area contributed by atoms with Crippen LogP contribution < -0.4 is 4.74 Å². The van der Waals surface area contributed by atoms with E-state index in [2.05, 4.69) is 0 Å². The smallest absolute Gasteiger partial charge is 0.192 e. The summed E-state index contributed by atoms with van der Waals surface area (Å²) in [5.41, 5.74) is 0.892. The average molecular weight is 274 g/mol. The Morgan fingerprint density at radius 3 is 2.55 bits per heavy atom. The van der Waals surface area contributed by atoms with Crippen molar-refractivity contribution in [3.8, 4) is 5.75 Å². The van der Waals surface area contributed by atoms with Crippen LogP contribution in [0.25, 0.3) is 0 Å². The molecule has 2 aromatic carbocycles. The molecule has 2 aromatic rings. The van der Waals surface area contributed by atoms with E-state index in [0.29, 0.717) is 16.9 Å². The fraction of sp³-hybridized carbons (Fsp3) is 0.188. The SMILES string of the molecule is COc1ccccc1C(=O)COCc1ccccc1F. The zero-order valence-electron chi connectivity index (χ0n) is 11.1. The number of rotatable bonds is 6. The molecule has 0 aliphatic rings. The van der Waals surface area contributed by atoms with Crippen LogP contribution in [-0.4, -0.2) is 19.5 Å². The van der Waals surface area contributed by atoms with Crippen molar-refractivity contribution in [1.29, 1.82) is 0 Å². The van der Waals surface area contributed by atoms with E-state index in [0.717, 1.165) is 0 Å². The summed E-state index contributed by atoms with van der Waals surface area (Å²) < 4.78 is 23.8. The van der Waals surface area contributed by atoms with E-state index in [1.165, 1.54) is 13.2 Å². The molecule has 0 radical (unpaired) electrons. The van der Waals surface area contributed by atoms with E-state index < -0.39 is 0 Å². The molecule has 0 fully saturated rings. The van der Waals surface area contributed by atoms with Gasteiger partial charge in [-0.2, -0.15) is 0 Å². The summed E-state index contributed by atoms with van der Waals surface area (Å²) >= 11 is 0. The van der Waals surface area contributed by atoms with Crippen molar-refractivity contribution in [3.63, 3.8) is 0 Å². The van der Waals surface area contributed by atoms with Gasteiger partial charge in [0.1, 0.15) is 18.2 Å². The minimum atomic E-state index is -0.336. The predicted molar refractivity (Wildman–Crippen MR) is 73.4 cm³/mol. The van der Waals surface area contributed by atoms with E-state index in [-0.39, 0.29) is 24.8 Å². The molecule has 0 aliphatic carbocycles. The monoisotopic (exact) mass is 274 g/mol. The molecule has 0 unspecified atom stereocenters. The first-order valence-corrected chi connectivity index (χ1v) is 6.19. The Morgan fingerprint density at radius 1 is 1.10 bits per heavy atom. The van der Waals surface area contributed by atoms with Crippen LogP contribution in [0.15, 0.2) is 48.5 Å². The van der Waals surface area contributed by atoms with Gasteiger partial charge in [-0.15, -0.1) is 0 Å². The van der Waals surface area contributed by atoms with E-state index in [1.807, 2.05) is 0 Å². The quantitative estimate of drug-likeness (QED) is 0.759. The number of benzene rings is 2. The summed E-state index contributed by atoms with van der Waals surface area (Å²) in [5.74, 6) is -0.0250. The van der Waals surface area contributed by atoms with E-state index in [1.54, 1.807) is 42.5 Å². The van der Waals surface area contributed by atoms with Gasteiger partial charge in [-0.05, 0) is 18.2 Å². The van der Waals surface area contributed by atoms with Crippen LogP contribution in [0.5, 0.6) is 5.75 Å². The van der Waals surface area contributed by atoms with Crippen molar-refractivity contribution in [2.45, 2.75) is 6.61 Å². The van der Waals surface area contributed by atoms with Gasteiger partial charge >= 0.3 is 0 Å². The third kappa shape index (κ3) is 3.42. The molecule has 0 atom stereocenters. The highest BCUT2D eigenvalue weighted by molar-refractivity contribution is 5.99. The number of carbonyl (C=O) groups excluding carboxylic acids is 1. The molecule has 104 valence electrons. The highest BCUT2D eigenvalue weighted by Gasteiger charge is 2.11. The first-order chi connectivity index (χ1) is 9.72. The normalized spacial score (nSPS) is 10.3. The highest BCUT2D eigenvalue weighted by atomic mass is 19.1. The predicted octanol–water partition coefficient (Wildman–Crippen LogP) is 3.23. The van der Waals surface area contributed by atoms with Crippen molar-refractivity contribution in [2.24, 2.45) is 0 Å². The summed E-state index contributed by atoms with van der Waals surface area (Å²) in [5, 5.41) is 0. The Hall–Kier alpha value is -2.20. The lowest BCUT2D eigenvalue weighted by Crippen LogP contribution is -2.10. The van der Waals surface area contributed by atoms with Gasteiger partial charge < -0.3 is 9.47 Å². The van der Waals surface area contributed by atoms with Gasteiger partial charge in [-0.3, -0.25) is 4.79 Å². The Kier molecular flexibility index (Phi) is 4.85. The van der Waals surface area contributed by atoms with Crippen LogP contribution in [0.4, 0.5) is 4.39 Å². The second kappa shape index (κ2) is 6.82. The van der Waals surface area contributed by atoms with Crippen molar-refractivity contribution < 1.29 is 18.7 Å². The van der Waals surface area contributed by atoms with E-state index >= 15 is 0 Å². The van der Waals surface area contributed by atoms with Gasteiger partial charge in [0, 0.05) is 5.56 Å². The van der Waals surface area contributed by atoms with Crippen LogP contribution in [0, 0.1) is 5.82 Å². The van der Waals surface area contributed by atoms with E-state index in [4.69, 9.17) is 9.47 Å². The number of hydrogen-bond donors (Lipinski definition) is 0. The topological polar surface area (TPSA) is 35.5 Å². The van der Waals surface area contributed by atoms with Gasteiger partial charge in [-0.1, -0.05) is 30.3 Å². The Balaban J connectivity index is 1.94. The second-order valence-corrected chi connectivity index (χ2v) is 4.21. The maximum atomic E-state index is 13.4. The Morgan fingerprint density at radius 2 is 1.80 bits per heavy atom. The van der Waals surface area contributed by atoms with Crippen LogP contribution >= 0.6 is 0 Å². The maximum absolute atomic E-state index is 13.4. The highest BCUT2D eigenvalue weighted by Crippen LogP contribution is 2.18. The van der Waals surface area contributed by atoms with E-state index in [9.17, 15) is 9.18 Å². The van der Waals surface area contributed by atoms with Crippen molar-refractivity contribution in [3.05, 3.63) is 65.5 Å². The minimum Gasteiger partial charge on any atom is -0.496 e. The molecular weight excluding hydrogens is 259 g/mol. The molecule has 20 heavy (non-hydrogen) atoms. The van der Waals surface area contributed by atoms with Crippen LogP contribution in [-0.2, 0) is 11.3 Å². The number of para-hydroxylation sites is 1. The third-order valence-corrected chi connectivity index (χ3v) is 2.86. The van der Waals surface area contributed by atoms with Crippen LogP contribution in [0.1, 0.15) is 15.9 Å². The molecule has 0 aromatic heterocycles. The molecule has 0 aliphatic heterocycles. The fourth-order valence-corrected chi connectivity index (χ4v) is 1.82. The van der Waals surface area contributed by atoms with Gasteiger partial charge in [0.2, 0.25) is 0 Å². The van der Waals surface area contributed by atoms with Gasteiger partial charge in [0.15, 0.2) is 5.78 Å².